The van der Waals surface area contributed by atoms with E-state index in [4.69, 9.17) is 0 Å². The summed E-state index contributed by atoms with van der Waals surface area (Å²) in [7, 11) is 0. The van der Waals surface area contributed by atoms with Crippen molar-refractivity contribution >= 4 is 21.7 Å². The largest absolute Gasteiger partial charge is 0.573 e. The van der Waals surface area contributed by atoms with Crippen molar-refractivity contribution in [2.45, 2.75) is 12.5 Å². The van der Waals surface area contributed by atoms with Gasteiger partial charge in [-0.05, 0) is 6.07 Å². The zero-order valence-corrected chi connectivity index (χ0v) is 10.5. The summed E-state index contributed by atoms with van der Waals surface area (Å²) in [5.74, 6) is -2.45. The molecule has 0 spiro atoms. The zero-order valence-electron chi connectivity index (χ0n) is 8.90. The fraction of sp³-hybridized carbons (Fsp3) is 0.300. The van der Waals surface area contributed by atoms with E-state index in [1.165, 1.54) is 0 Å². The first-order chi connectivity index (χ1) is 8.56. The van der Waals surface area contributed by atoms with E-state index >= 15 is 0 Å². The highest BCUT2D eigenvalue weighted by molar-refractivity contribution is 9.09. The normalized spacial score (nSPS) is 12.4. The standard InChI is InChI=1S/C10H5BrF6O2/c11-4-6(18)5-2-1-3-7(19-10(15,16)17)8(5)9(12,13)14/h1-3H,4H2. The van der Waals surface area contributed by atoms with Crippen LogP contribution < -0.4 is 4.74 Å². The number of Topliss-reactive ketones (excluding diaryl/α,β-unsaturated/α-hetero) is 1. The van der Waals surface area contributed by atoms with E-state index in [0.717, 1.165) is 12.1 Å². The Morgan fingerprint density at radius 3 is 2.16 bits per heavy atom. The minimum atomic E-state index is -5.28. The Morgan fingerprint density at radius 2 is 1.74 bits per heavy atom. The molecule has 0 aliphatic heterocycles. The maximum atomic E-state index is 12.8. The van der Waals surface area contributed by atoms with Crippen molar-refractivity contribution in [2.24, 2.45) is 0 Å². The quantitative estimate of drug-likeness (QED) is 0.464. The number of carbonyl (C=O) groups is 1. The average molecular weight is 351 g/mol. The summed E-state index contributed by atoms with van der Waals surface area (Å²) in [6.07, 6.45) is -10.4. The van der Waals surface area contributed by atoms with Gasteiger partial charge in [0.1, 0.15) is 11.3 Å². The molecule has 0 atom stereocenters. The van der Waals surface area contributed by atoms with Crippen molar-refractivity contribution in [3.05, 3.63) is 29.3 Å². The molecule has 0 aliphatic carbocycles. The number of ether oxygens (including phenoxy) is 1. The smallest absolute Gasteiger partial charge is 0.405 e. The summed E-state index contributed by atoms with van der Waals surface area (Å²) in [5.41, 5.74) is -2.62. The van der Waals surface area contributed by atoms with Crippen LogP contribution in [0, 0.1) is 0 Å². The fourth-order valence-corrected chi connectivity index (χ4v) is 1.64. The second-order valence-corrected chi connectivity index (χ2v) is 3.84. The maximum Gasteiger partial charge on any atom is 0.573 e. The van der Waals surface area contributed by atoms with E-state index in [-0.39, 0.29) is 0 Å². The van der Waals surface area contributed by atoms with Crippen molar-refractivity contribution in [1.29, 1.82) is 0 Å². The van der Waals surface area contributed by atoms with Gasteiger partial charge >= 0.3 is 12.5 Å². The molecule has 0 amide bonds. The van der Waals surface area contributed by atoms with Crippen LogP contribution in [0.1, 0.15) is 15.9 Å². The molecular formula is C10H5BrF6O2. The molecule has 9 heteroatoms. The van der Waals surface area contributed by atoms with Crippen LogP contribution in [0.25, 0.3) is 0 Å². The van der Waals surface area contributed by atoms with Gasteiger partial charge in [-0.2, -0.15) is 13.2 Å². The number of rotatable bonds is 3. The Kier molecular flexibility index (Phi) is 4.49. The second-order valence-electron chi connectivity index (χ2n) is 3.28. The third-order valence-corrected chi connectivity index (χ3v) is 2.47. The van der Waals surface area contributed by atoms with E-state index < -0.39 is 40.5 Å². The predicted molar refractivity (Wildman–Crippen MR) is 56.3 cm³/mol. The van der Waals surface area contributed by atoms with Crippen molar-refractivity contribution < 1.29 is 35.9 Å². The molecule has 2 nitrogen and oxygen atoms in total. The number of benzene rings is 1. The maximum absolute atomic E-state index is 12.8. The van der Waals surface area contributed by atoms with Gasteiger partial charge in [0.05, 0.1) is 5.33 Å². The van der Waals surface area contributed by atoms with E-state index in [0.29, 0.717) is 6.07 Å². The summed E-state index contributed by atoms with van der Waals surface area (Å²) < 4.78 is 77.7. The molecule has 1 aromatic rings. The van der Waals surface area contributed by atoms with Crippen LogP contribution >= 0.6 is 15.9 Å². The number of ketones is 1. The molecule has 1 rings (SSSR count). The van der Waals surface area contributed by atoms with Crippen molar-refractivity contribution in [2.75, 3.05) is 5.33 Å². The van der Waals surface area contributed by atoms with Gasteiger partial charge in [0.2, 0.25) is 0 Å². The summed E-state index contributed by atoms with van der Waals surface area (Å²) >= 11 is 2.66. The van der Waals surface area contributed by atoms with Crippen LogP contribution in [0.3, 0.4) is 0 Å². The summed E-state index contributed by atoms with van der Waals surface area (Å²) in [5, 5.41) is -0.453. The van der Waals surface area contributed by atoms with Crippen molar-refractivity contribution in [3.8, 4) is 5.75 Å². The van der Waals surface area contributed by atoms with Gasteiger partial charge < -0.3 is 4.74 Å². The summed E-state index contributed by atoms with van der Waals surface area (Å²) in [6.45, 7) is 0. The van der Waals surface area contributed by atoms with Gasteiger partial charge in [0, 0.05) is 5.56 Å². The van der Waals surface area contributed by atoms with Crippen molar-refractivity contribution in [1.82, 2.24) is 0 Å². The monoisotopic (exact) mass is 350 g/mol. The molecule has 106 valence electrons. The van der Waals surface area contributed by atoms with Crippen molar-refractivity contribution in [3.63, 3.8) is 0 Å². The lowest BCUT2D eigenvalue weighted by Gasteiger charge is -2.17. The number of hydrogen-bond donors (Lipinski definition) is 0. The molecule has 0 N–H and O–H groups in total. The first-order valence-electron chi connectivity index (χ1n) is 4.61. The number of carbonyl (C=O) groups excluding carboxylic acids is 1. The van der Waals surface area contributed by atoms with Crippen LogP contribution in [0.4, 0.5) is 26.3 Å². The van der Waals surface area contributed by atoms with Gasteiger partial charge in [0.15, 0.2) is 5.78 Å². The third-order valence-electron chi connectivity index (χ3n) is 1.96. The Hall–Kier alpha value is -1.25. The highest BCUT2D eigenvalue weighted by Gasteiger charge is 2.42. The molecule has 0 unspecified atom stereocenters. The molecule has 0 saturated carbocycles. The molecular weight excluding hydrogens is 346 g/mol. The van der Waals surface area contributed by atoms with Crippen LogP contribution in [-0.2, 0) is 6.18 Å². The highest BCUT2D eigenvalue weighted by Crippen LogP contribution is 2.40. The molecule has 0 bridgehead atoms. The molecule has 0 fully saturated rings. The second kappa shape index (κ2) is 5.40. The van der Waals surface area contributed by atoms with Gasteiger partial charge in [-0.1, -0.05) is 28.1 Å². The molecule has 0 aliphatic rings. The minimum Gasteiger partial charge on any atom is -0.405 e. The van der Waals surface area contributed by atoms with E-state index in [1.807, 2.05) is 0 Å². The molecule has 0 radical (unpaired) electrons. The SMILES string of the molecule is O=C(CBr)c1cccc(OC(F)(F)F)c1C(F)(F)F. The topological polar surface area (TPSA) is 26.3 Å². The Morgan fingerprint density at radius 1 is 1.16 bits per heavy atom. The summed E-state index contributed by atoms with van der Waals surface area (Å²) in [6, 6.07) is 2.17. The Bertz CT molecular complexity index is 480. The van der Waals surface area contributed by atoms with Gasteiger partial charge in [-0.15, -0.1) is 13.2 Å². The van der Waals surface area contributed by atoms with E-state index in [1.54, 1.807) is 0 Å². The molecule has 19 heavy (non-hydrogen) atoms. The number of halogens is 7. The molecule has 0 saturated heterocycles. The van der Waals surface area contributed by atoms with Gasteiger partial charge in [-0.3, -0.25) is 4.79 Å². The predicted octanol–water partition coefficient (Wildman–Crippen LogP) is 4.18. The fourth-order valence-electron chi connectivity index (χ4n) is 1.34. The molecule has 0 heterocycles. The zero-order chi connectivity index (χ0) is 14.8. The lowest BCUT2D eigenvalue weighted by Crippen LogP contribution is -2.22. The highest BCUT2D eigenvalue weighted by atomic mass is 79.9. The van der Waals surface area contributed by atoms with E-state index in [2.05, 4.69) is 20.7 Å². The number of hydrogen-bond acceptors (Lipinski definition) is 2. The van der Waals surface area contributed by atoms with Crippen LogP contribution in [-0.4, -0.2) is 17.5 Å². The molecule has 1 aromatic carbocycles. The molecule has 0 aromatic heterocycles. The lowest BCUT2D eigenvalue weighted by molar-refractivity contribution is -0.276. The number of alkyl halides is 7. The Labute approximate surface area is 111 Å². The van der Waals surface area contributed by atoms with Gasteiger partial charge in [-0.25, -0.2) is 0 Å². The average Bonchev–Trinajstić information content (AvgIpc) is 2.23. The first kappa shape index (κ1) is 15.8. The van der Waals surface area contributed by atoms with Gasteiger partial charge in [0.25, 0.3) is 0 Å². The lowest BCUT2D eigenvalue weighted by atomic mass is 10.0. The minimum absolute atomic E-state index is 0.453. The van der Waals surface area contributed by atoms with E-state index in [9.17, 15) is 31.1 Å². The third kappa shape index (κ3) is 4.12. The summed E-state index contributed by atoms with van der Waals surface area (Å²) in [4.78, 5) is 11.3. The first-order valence-corrected chi connectivity index (χ1v) is 5.73. The van der Waals surface area contributed by atoms with Crippen LogP contribution in [0.5, 0.6) is 5.75 Å². The van der Waals surface area contributed by atoms with Crippen LogP contribution in [0.15, 0.2) is 18.2 Å². The Balaban J connectivity index is 3.44. The van der Waals surface area contributed by atoms with Crippen LogP contribution in [0.2, 0.25) is 0 Å².